The standard InChI is InChI=1S/C14H18N4OS/c1-3-12-13(20-17-16-12)14(19)18(4-2)9-10-6-5-7-11(15)8-10/h5-8H,3-4,9,15H2,1-2H3. The fourth-order valence-electron chi connectivity index (χ4n) is 1.99. The number of hydrogen-bond donors (Lipinski definition) is 1. The van der Waals surface area contributed by atoms with Gasteiger partial charge in [0.15, 0.2) is 0 Å². The van der Waals surface area contributed by atoms with E-state index in [9.17, 15) is 4.79 Å². The second kappa shape index (κ2) is 6.47. The van der Waals surface area contributed by atoms with Crippen molar-refractivity contribution in [3.63, 3.8) is 0 Å². The number of nitrogens with two attached hydrogens (primary N) is 1. The van der Waals surface area contributed by atoms with Crippen molar-refractivity contribution in [3.8, 4) is 0 Å². The molecule has 20 heavy (non-hydrogen) atoms. The number of carbonyl (C=O) groups excluding carboxylic acids is 1. The van der Waals surface area contributed by atoms with Crippen LogP contribution in [0.2, 0.25) is 0 Å². The van der Waals surface area contributed by atoms with Crippen molar-refractivity contribution in [2.24, 2.45) is 0 Å². The van der Waals surface area contributed by atoms with Crippen LogP contribution in [-0.2, 0) is 13.0 Å². The average Bonchev–Trinajstić information content (AvgIpc) is 2.92. The van der Waals surface area contributed by atoms with Gasteiger partial charge in [0.1, 0.15) is 4.88 Å². The summed E-state index contributed by atoms with van der Waals surface area (Å²) < 4.78 is 3.88. The average molecular weight is 290 g/mol. The van der Waals surface area contributed by atoms with Gasteiger partial charge in [-0.15, -0.1) is 5.10 Å². The van der Waals surface area contributed by atoms with E-state index in [1.165, 1.54) is 0 Å². The molecule has 2 rings (SSSR count). The summed E-state index contributed by atoms with van der Waals surface area (Å²) in [6.45, 7) is 5.11. The van der Waals surface area contributed by atoms with Crippen molar-refractivity contribution in [2.75, 3.05) is 12.3 Å². The van der Waals surface area contributed by atoms with Gasteiger partial charge in [-0.25, -0.2) is 0 Å². The third-order valence-electron chi connectivity index (χ3n) is 3.08. The maximum Gasteiger partial charge on any atom is 0.267 e. The zero-order valence-corrected chi connectivity index (χ0v) is 12.5. The molecule has 0 unspecified atom stereocenters. The molecule has 2 aromatic rings. The first-order valence-corrected chi connectivity index (χ1v) is 7.38. The first-order chi connectivity index (χ1) is 9.65. The molecule has 0 saturated heterocycles. The SMILES string of the molecule is CCc1nnsc1C(=O)N(CC)Cc1cccc(N)c1. The molecule has 0 atom stereocenters. The van der Waals surface area contributed by atoms with E-state index in [1.54, 1.807) is 4.90 Å². The van der Waals surface area contributed by atoms with Crippen molar-refractivity contribution in [2.45, 2.75) is 26.8 Å². The fourth-order valence-corrected chi connectivity index (χ4v) is 2.70. The number of benzene rings is 1. The lowest BCUT2D eigenvalue weighted by molar-refractivity contribution is 0.0756. The van der Waals surface area contributed by atoms with Gasteiger partial charge in [0, 0.05) is 18.8 Å². The molecule has 5 nitrogen and oxygen atoms in total. The van der Waals surface area contributed by atoms with Gasteiger partial charge in [0.05, 0.1) is 5.69 Å². The summed E-state index contributed by atoms with van der Waals surface area (Å²) >= 11 is 1.16. The van der Waals surface area contributed by atoms with E-state index < -0.39 is 0 Å². The zero-order valence-electron chi connectivity index (χ0n) is 11.7. The first kappa shape index (κ1) is 14.5. The number of hydrogen-bond acceptors (Lipinski definition) is 5. The molecule has 0 spiro atoms. The summed E-state index contributed by atoms with van der Waals surface area (Å²) in [6.07, 6.45) is 0.716. The quantitative estimate of drug-likeness (QED) is 0.858. The van der Waals surface area contributed by atoms with Gasteiger partial charge in [0.2, 0.25) is 0 Å². The Balaban J connectivity index is 2.18. The molecule has 6 heteroatoms. The number of aromatic nitrogens is 2. The molecule has 1 heterocycles. The van der Waals surface area contributed by atoms with Crippen molar-refractivity contribution in [3.05, 3.63) is 40.4 Å². The minimum Gasteiger partial charge on any atom is -0.399 e. The molecular weight excluding hydrogens is 272 g/mol. The normalized spacial score (nSPS) is 10.5. The van der Waals surface area contributed by atoms with E-state index >= 15 is 0 Å². The highest BCUT2D eigenvalue weighted by Gasteiger charge is 2.20. The summed E-state index contributed by atoms with van der Waals surface area (Å²) in [6, 6.07) is 7.60. The van der Waals surface area contributed by atoms with E-state index in [1.807, 2.05) is 38.1 Å². The van der Waals surface area contributed by atoms with E-state index in [-0.39, 0.29) is 5.91 Å². The Morgan fingerprint density at radius 3 is 2.85 bits per heavy atom. The number of nitrogens with zero attached hydrogens (tertiary/aromatic N) is 3. The van der Waals surface area contributed by atoms with Crippen LogP contribution in [0.4, 0.5) is 5.69 Å². The Kier molecular flexibility index (Phi) is 4.68. The lowest BCUT2D eigenvalue weighted by Gasteiger charge is -2.20. The largest absolute Gasteiger partial charge is 0.399 e. The fraction of sp³-hybridized carbons (Fsp3) is 0.357. The Morgan fingerprint density at radius 1 is 1.40 bits per heavy atom. The molecule has 0 aliphatic heterocycles. The van der Waals surface area contributed by atoms with Gasteiger partial charge in [0.25, 0.3) is 5.91 Å². The highest BCUT2D eigenvalue weighted by Crippen LogP contribution is 2.17. The maximum absolute atomic E-state index is 12.5. The molecule has 106 valence electrons. The molecule has 0 radical (unpaired) electrons. The molecule has 0 saturated carbocycles. The highest BCUT2D eigenvalue weighted by molar-refractivity contribution is 7.07. The van der Waals surface area contributed by atoms with Crippen LogP contribution in [-0.4, -0.2) is 26.9 Å². The topological polar surface area (TPSA) is 72.1 Å². The number of amides is 1. The van der Waals surface area contributed by atoms with Crippen molar-refractivity contribution in [1.29, 1.82) is 0 Å². The molecule has 0 aliphatic carbocycles. The molecule has 2 N–H and O–H groups in total. The van der Waals surface area contributed by atoms with Crippen LogP contribution >= 0.6 is 11.5 Å². The van der Waals surface area contributed by atoms with Crippen LogP contribution in [0.3, 0.4) is 0 Å². The van der Waals surface area contributed by atoms with Crippen LogP contribution in [0.1, 0.15) is 34.8 Å². The molecule has 1 aromatic heterocycles. The Hall–Kier alpha value is -1.95. The van der Waals surface area contributed by atoms with Gasteiger partial charge in [-0.2, -0.15) is 0 Å². The van der Waals surface area contributed by atoms with Gasteiger partial charge < -0.3 is 10.6 Å². The maximum atomic E-state index is 12.5. The van der Waals surface area contributed by atoms with Crippen molar-refractivity contribution >= 4 is 23.1 Å². The van der Waals surface area contributed by atoms with Gasteiger partial charge >= 0.3 is 0 Å². The third kappa shape index (κ3) is 3.14. The summed E-state index contributed by atoms with van der Waals surface area (Å²) in [7, 11) is 0. The Labute approximate surface area is 122 Å². The smallest absolute Gasteiger partial charge is 0.267 e. The van der Waals surface area contributed by atoms with E-state index in [0.29, 0.717) is 30.1 Å². The van der Waals surface area contributed by atoms with E-state index in [4.69, 9.17) is 5.73 Å². The molecule has 0 fully saturated rings. The summed E-state index contributed by atoms with van der Waals surface area (Å²) in [5, 5.41) is 3.99. The molecule has 1 aromatic carbocycles. The number of aryl methyl sites for hydroxylation is 1. The second-order valence-electron chi connectivity index (χ2n) is 4.47. The first-order valence-electron chi connectivity index (χ1n) is 6.60. The Morgan fingerprint density at radius 2 is 2.20 bits per heavy atom. The van der Waals surface area contributed by atoms with Crippen LogP contribution in [0.5, 0.6) is 0 Å². The third-order valence-corrected chi connectivity index (χ3v) is 3.83. The van der Waals surface area contributed by atoms with E-state index in [2.05, 4.69) is 9.59 Å². The molecule has 0 aliphatic rings. The van der Waals surface area contributed by atoms with E-state index in [0.717, 1.165) is 22.8 Å². The lowest BCUT2D eigenvalue weighted by Crippen LogP contribution is -2.30. The second-order valence-corrected chi connectivity index (χ2v) is 5.22. The van der Waals surface area contributed by atoms with Crippen LogP contribution in [0.25, 0.3) is 0 Å². The highest BCUT2D eigenvalue weighted by atomic mass is 32.1. The number of anilines is 1. The molecule has 1 amide bonds. The van der Waals surface area contributed by atoms with Crippen molar-refractivity contribution in [1.82, 2.24) is 14.5 Å². The van der Waals surface area contributed by atoms with Gasteiger partial charge in [-0.1, -0.05) is 23.5 Å². The number of carbonyl (C=O) groups is 1. The minimum atomic E-state index is -0.0122. The van der Waals surface area contributed by atoms with Crippen LogP contribution < -0.4 is 5.73 Å². The predicted octanol–water partition coefficient (Wildman–Crippen LogP) is 2.34. The summed E-state index contributed by atoms with van der Waals surface area (Å²) in [4.78, 5) is 14.9. The minimum absolute atomic E-state index is 0.0122. The lowest BCUT2D eigenvalue weighted by atomic mass is 10.2. The van der Waals surface area contributed by atoms with Gasteiger partial charge in [-0.3, -0.25) is 4.79 Å². The summed E-state index contributed by atoms with van der Waals surface area (Å²) in [5.41, 5.74) is 8.27. The van der Waals surface area contributed by atoms with Crippen LogP contribution in [0.15, 0.2) is 24.3 Å². The predicted molar refractivity (Wildman–Crippen MR) is 80.6 cm³/mol. The number of nitrogen functional groups attached to an aromatic ring is 1. The van der Waals surface area contributed by atoms with Crippen LogP contribution in [0, 0.1) is 0 Å². The zero-order chi connectivity index (χ0) is 14.5. The molecule has 0 bridgehead atoms. The summed E-state index contributed by atoms with van der Waals surface area (Å²) in [5.74, 6) is -0.0122. The van der Waals surface area contributed by atoms with Gasteiger partial charge in [-0.05, 0) is 42.6 Å². The number of rotatable bonds is 5. The molecular formula is C14H18N4OS. The monoisotopic (exact) mass is 290 g/mol. The Bertz CT molecular complexity index is 596. The van der Waals surface area contributed by atoms with Crippen molar-refractivity contribution < 1.29 is 4.79 Å².